The summed E-state index contributed by atoms with van der Waals surface area (Å²) in [5.74, 6) is 0. The molecule has 11 rings (SSSR count). The van der Waals surface area contributed by atoms with Crippen molar-refractivity contribution in [3.05, 3.63) is 182 Å². The number of benzene rings is 8. The Morgan fingerprint density at radius 3 is 1.61 bits per heavy atom. The van der Waals surface area contributed by atoms with Gasteiger partial charge in [-0.05, 0) is 89.0 Å². The summed E-state index contributed by atoms with van der Waals surface area (Å²) in [7, 11) is 0. The monoisotopic (exact) mass is 650 g/mol. The minimum Gasteiger partial charge on any atom is -0.456 e. The van der Waals surface area contributed by atoms with Crippen molar-refractivity contribution in [1.29, 1.82) is 0 Å². The molecule has 0 aliphatic rings. The van der Waals surface area contributed by atoms with Crippen LogP contribution in [-0.2, 0) is 0 Å². The molecule has 3 heterocycles. The molecule has 3 aromatic heterocycles. The van der Waals surface area contributed by atoms with E-state index in [9.17, 15) is 0 Å². The van der Waals surface area contributed by atoms with Crippen molar-refractivity contribution in [2.24, 2.45) is 0 Å². The molecule has 0 aliphatic carbocycles. The average Bonchev–Trinajstić information content (AvgIpc) is 3.84. The van der Waals surface area contributed by atoms with Crippen molar-refractivity contribution in [2.75, 3.05) is 0 Å². The normalized spacial score (nSPS) is 11.9. The van der Waals surface area contributed by atoms with Crippen LogP contribution in [0.2, 0.25) is 0 Å². The Balaban J connectivity index is 1.12. The lowest BCUT2D eigenvalue weighted by molar-refractivity contribution is 0.669. The van der Waals surface area contributed by atoms with Crippen molar-refractivity contribution < 1.29 is 4.42 Å². The average molecular weight is 651 g/mol. The number of hydrogen-bond acceptors (Lipinski definition) is 1. The maximum Gasteiger partial charge on any atom is 0.137 e. The summed E-state index contributed by atoms with van der Waals surface area (Å²) in [5.41, 5.74) is 13.6. The zero-order valence-corrected chi connectivity index (χ0v) is 27.6. The molecule has 0 aliphatic heterocycles. The first-order valence-corrected chi connectivity index (χ1v) is 17.4. The number of hydrogen-bond donors (Lipinski definition) is 0. The molecule has 8 aromatic carbocycles. The first kappa shape index (κ1) is 28.0. The molecule has 0 saturated heterocycles. The maximum absolute atomic E-state index is 6.36. The molecule has 238 valence electrons. The van der Waals surface area contributed by atoms with Gasteiger partial charge < -0.3 is 13.6 Å². The van der Waals surface area contributed by atoms with Crippen LogP contribution in [0.3, 0.4) is 0 Å². The Hall–Kier alpha value is -6.84. The lowest BCUT2D eigenvalue weighted by Gasteiger charge is -2.11. The first-order valence-electron chi connectivity index (χ1n) is 17.4. The van der Waals surface area contributed by atoms with Gasteiger partial charge in [0.2, 0.25) is 0 Å². The van der Waals surface area contributed by atoms with E-state index < -0.39 is 0 Å². The molecule has 0 radical (unpaired) electrons. The van der Waals surface area contributed by atoms with Gasteiger partial charge in [0.25, 0.3) is 0 Å². The quantitative estimate of drug-likeness (QED) is 0.186. The zero-order valence-electron chi connectivity index (χ0n) is 27.6. The second-order valence-corrected chi connectivity index (χ2v) is 13.4. The third-order valence-electron chi connectivity index (χ3n) is 10.5. The summed E-state index contributed by atoms with van der Waals surface area (Å²) in [6.07, 6.45) is 0. The van der Waals surface area contributed by atoms with Gasteiger partial charge in [-0.1, -0.05) is 109 Å². The summed E-state index contributed by atoms with van der Waals surface area (Å²) in [6.45, 7) is 0. The van der Waals surface area contributed by atoms with Crippen LogP contribution in [0.5, 0.6) is 0 Å². The fraction of sp³-hybridized carbons (Fsp3) is 0. The highest BCUT2D eigenvalue weighted by Gasteiger charge is 2.18. The molecular formula is C48H30N2O. The Kier molecular flexibility index (Phi) is 5.96. The Labute approximate surface area is 293 Å². The number of furan rings is 1. The van der Waals surface area contributed by atoms with Crippen LogP contribution >= 0.6 is 0 Å². The van der Waals surface area contributed by atoms with Crippen LogP contribution in [0.25, 0.3) is 99.2 Å². The summed E-state index contributed by atoms with van der Waals surface area (Å²) in [5, 5.41) is 7.20. The minimum atomic E-state index is 0.903. The second-order valence-electron chi connectivity index (χ2n) is 13.4. The van der Waals surface area contributed by atoms with E-state index in [-0.39, 0.29) is 0 Å². The Morgan fingerprint density at radius 1 is 0.275 bits per heavy atom. The first-order chi connectivity index (χ1) is 25.3. The number of nitrogens with zero attached hydrogens (tertiary/aromatic N) is 2. The largest absolute Gasteiger partial charge is 0.456 e. The third-order valence-corrected chi connectivity index (χ3v) is 10.5. The van der Waals surface area contributed by atoms with Gasteiger partial charge in [-0.15, -0.1) is 0 Å². The second kappa shape index (κ2) is 10.8. The van der Waals surface area contributed by atoms with E-state index in [0.717, 1.165) is 38.8 Å². The smallest absolute Gasteiger partial charge is 0.137 e. The maximum atomic E-state index is 6.36. The lowest BCUT2D eigenvalue weighted by atomic mass is 10.00. The Bertz CT molecular complexity index is 3130. The highest BCUT2D eigenvalue weighted by Crippen LogP contribution is 2.41. The van der Waals surface area contributed by atoms with Crippen LogP contribution < -0.4 is 0 Å². The molecule has 51 heavy (non-hydrogen) atoms. The van der Waals surface area contributed by atoms with E-state index >= 15 is 0 Å². The molecule has 0 fully saturated rings. The number of para-hydroxylation sites is 3. The summed E-state index contributed by atoms with van der Waals surface area (Å²) in [4.78, 5) is 0. The molecule has 0 bridgehead atoms. The fourth-order valence-corrected chi connectivity index (χ4v) is 8.16. The van der Waals surface area contributed by atoms with E-state index in [0.29, 0.717) is 0 Å². The predicted octanol–water partition coefficient (Wildman–Crippen LogP) is 13.1. The van der Waals surface area contributed by atoms with Crippen LogP contribution in [-0.4, -0.2) is 9.13 Å². The van der Waals surface area contributed by atoms with Crippen molar-refractivity contribution in [1.82, 2.24) is 9.13 Å². The topological polar surface area (TPSA) is 23.0 Å². The van der Waals surface area contributed by atoms with Crippen molar-refractivity contribution in [3.8, 4) is 33.6 Å². The van der Waals surface area contributed by atoms with Crippen LogP contribution in [0, 0.1) is 0 Å². The van der Waals surface area contributed by atoms with Crippen LogP contribution in [0.1, 0.15) is 0 Å². The SMILES string of the molecule is c1ccc(-c2cccc(-n3c4ccccc4c4cc(-c5ccc6c(c5)c5cc7c(cc5n6-c5ccccc5)oc5ccccc57)ccc43)c2)cc1. The van der Waals surface area contributed by atoms with Crippen molar-refractivity contribution in [2.45, 2.75) is 0 Å². The van der Waals surface area contributed by atoms with E-state index in [1.807, 2.05) is 6.07 Å². The van der Waals surface area contributed by atoms with Crippen molar-refractivity contribution in [3.63, 3.8) is 0 Å². The fourth-order valence-electron chi connectivity index (χ4n) is 8.16. The van der Waals surface area contributed by atoms with Gasteiger partial charge in [-0.3, -0.25) is 0 Å². The van der Waals surface area contributed by atoms with E-state index in [4.69, 9.17) is 4.42 Å². The van der Waals surface area contributed by atoms with E-state index in [1.165, 1.54) is 60.3 Å². The lowest BCUT2D eigenvalue weighted by Crippen LogP contribution is -1.94. The third kappa shape index (κ3) is 4.25. The molecule has 0 spiro atoms. The molecule has 0 amide bonds. The van der Waals surface area contributed by atoms with Gasteiger partial charge >= 0.3 is 0 Å². The van der Waals surface area contributed by atoms with E-state index in [2.05, 4.69) is 185 Å². The van der Waals surface area contributed by atoms with Gasteiger partial charge in [-0.2, -0.15) is 0 Å². The summed E-state index contributed by atoms with van der Waals surface area (Å²) < 4.78 is 11.1. The number of rotatable bonds is 4. The molecule has 0 N–H and O–H groups in total. The van der Waals surface area contributed by atoms with Crippen molar-refractivity contribution >= 4 is 65.6 Å². The summed E-state index contributed by atoms with van der Waals surface area (Å²) >= 11 is 0. The molecule has 0 atom stereocenters. The molecule has 3 heteroatoms. The molecule has 0 unspecified atom stereocenters. The molecule has 0 saturated carbocycles. The number of fused-ring (bicyclic) bond motifs is 9. The minimum absolute atomic E-state index is 0.903. The predicted molar refractivity (Wildman–Crippen MR) is 213 cm³/mol. The highest BCUT2D eigenvalue weighted by molar-refractivity contribution is 6.18. The van der Waals surface area contributed by atoms with Gasteiger partial charge in [-0.25, -0.2) is 0 Å². The zero-order chi connectivity index (χ0) is 33.5. The summed E-state index contributed by atoms with van der Waals surface area (Å²) in [6, 6.07) is 65.6. The molecular weight excluding hydrogens is 621 g/mol. The van der Waals surface area contributed by atoms with Gasteiger partial charge in [0.1, 0.15) is 11.2 Å². The molecule has 11 aromatic rings. The Morgan fingerprint density at radius 2 is 0.824 bits per heavy atom. The van der Waals surface area contributed by atoms with Gasteiger partial charge in [0.15, 0.2) is 0 Å². The molecule has 3 nitrogen and oxygen atoms in total. The van der Waals surface area contributed by atoms with Gasteiger partial charge in [0, 0.05) is 49.8 Å². The van der Waals surface area contributed by atoms with Crippen LogP contribution in [0.15, 0.2) is 186 Å². The van der Waals surface area contributed by atoms with Gasteiger partial charge in [0.05, 0.1) is 22.1 Å². The van der Waals surface area contributed by atoms with E-state index in [1.54, 1.807) is 0 Å². The number of aromatic nitrogens is 2. The standard InChI is InChI=1S/C48H30N2O/c1-3-12-31(13-4-1)32-14-11-17-36(26-32)50-43-20-9-7-18-37(43)39-27-33(22-24-44(39)50)34-23-25-45-40(28-34)41-29-42-38-19-8-10-21-47(38)51-48(42)30-46(41)49(45)35-15-5-2-6-16-35/h1-30H. The van der Waals surface area contributed by atoms with Crippen LogP contribution in [0.4, 0.5) is 0 Å². The highest BCUT2D eigenvalue weighted by atomic mass is 16.3.